The van der Waals surface area contributed by atoms with Gasteiger partial charge >= 0.3 is 0 Å². The summed E-state index contributed by atoms with van der Waals surface area (Å²) in [6.07, 6.45) is 3.14. The average molecular weight is 409 g/mol. The lowest BCUT2D eigenvalue weighted by molar-refractivity contribution is -0.117. The lowest BCUT2D eigenvalue weighted by Gasteiger charge is -2.22. The zero-order chi connectivity index (χ0) is 21.7. The Morgan fingerprint density at radius 2 is 1.83 bits per heavy atom. The first-order valence-corrected chi connectivity index (χ1v) is 9.73. The van der Waals surface area contributed by atoms with E-state index in [4.69, 9.17) is 4.74 Å². The second-order valence-corrected chi connectivity index (χ2v) is 6.61. The molecule has 0 spiro atoms. The van der Waals surface area contributed by atoms with E-state index in [9.17, 15) is 14.0 Å². The van der Waals surface area contributed by atoms with Gasteiger partial charge in [0, 0.05) is 30.4 Å². The summed E-state index contributed by atoms with van der Waals surface area (Å²) in [5, 5.41) is 1.10. The van der Waals surface area contributed by atoms with Gasteiger partial charge < -0.3 is 9.64 Å². The highest BCUT2D eigenvalue weighted by Gasteiger charge is 2.34. The molecule has 156 valence electrons. The van der Waals surface area contributed by atoms with Crippen LogP contribution in [0.2, 0.25) is 0 Å². The fraction of sp³-hybridized carbons (Fsp3) is 0.217. The molecule has 2 aromatic carbocycles. The molecule has 0 unspecified atom stereocenters. The number of hydrogen-bond donors (Lipinski definition) is 1. The maximum Gasteiger partial charge on any atom is 0.282 e. The number of anilines is 2. The number of nitrogens with one attached hydrogen (secondary N) is 1. The smallest absolute Gasteiger partial charge is 0.282 e. The van der Waals surface area contributed by atoms with E-state index in [-0.39, 0.29) is 5.57 Å². The zero-order valence-electron chi connectivity index (χ0n) is 17.0. The lowest BCUT2D eigenvalue weighted by Crippen LogP contribution is -2.35. The van der Waals surface area contributed by atoms with Crippen molar-refractivity contribution >= 4 is 29.3 Å². The van der Waals surface area contributed by atoms with Crippen molar-refractivity contribution in [3.8, 4) is 5.75 Å². The predicted molar refractivity (Wildman–Crippen MR) is 116 cm³/mol. The first kappa shape index (κ1) is 21.1. The van der Waals surface area contributed by atoms with Crippen LogP contribution >= 0.6 is 0 Å². The Bertz CT molecular complexity index is 982. The summed E-state index contributed by atoms with van der Waals surface area (Å²) in [6.45, 7) is 9.77. The SMILES string of the molecule is C=CCOc1cc(N(CC)CC)ccc1C=C1C(=O)NN(c2ccc(F)cc2)C1=O. The Kier molecular flexibility index (Phi) is 6.51. The first-order chi connectivity index (χ1) is 14.5. The minimum atomic E-state index is -0.535. The van der Waals surface area contributed by atoms with Crippen molar-refractivity contribution < 1.29 is 18.7 Å². The highest BCUT2D eigenvalue weighted by atomic mass is 19.1. The van der Waals surface area contributed by atoms with E-state index in [0.29, 0.717) is 23.6 Å². The number of nitrogens with zero attached hydrogens (tertiary/aromatic N) is 2. The zero-order valence-corrected chi connectivity index (χ0v) is 17.0. The summed E-state index contributed by atoms with van der Waals surface area (Å²) in [5.74, 6) is -0.932. The van der Waals surface area contributed by atoms with Gasteiger partial charge in [0.1, 0.15) is 23.7 Å². The lowest BCUT2D eigenvalue weighted by atomic mass is 10.1. The van der Waals surface area contributed by atoms with Gasteiger partial charge in [-0.1, -0.05) is 12.7 Å². The van der Waals surface area contributed by atoms with E-state index in [1.165, 1.54) is 30.3 Å². The molecular formula is C23H24FN3O3. The van der Waals surface area contributed by atoms with Gasteiger partial charge in [0.15, 0.2) is 0 Å². The largest absolute Gasteiger partial charge is 0.489 e. The molecule has 3 rings (SSSR count). The van der Waals surface area contributed by atoms with Crippen LogP contribution in [0.15, 0.2) is 60.7 Å². The molecule has 2 amide bonds. The van der Waals surface area contributed by atoms with Crippen molar-refractivity contribution in [3.05, 3.63) is 72.1 Å². The van der Waals surface area contributed by atoms with Crippen molar-refractivity contribution in [2.75, 3.05) is 29.6 Å². The van der Waals surface area contributed by atoms with Crippen LogP contribution in [-0.2, 0) is 9.59 Å². The Hall–Kier alpha value is -3.61. The molecule has 1 aliphatic heterocycles. The molecule has 2 aromatic rings. The maximum absolute atomic E-state index is 13.2. The molecule has 0 bridgehead atoms. The maximum atomic E-state index is 13.2. The third kappa shape index (κ3) is 4.35. The van der Waals surface area contributed by atoms with E-state index in [0.717, 1.165) is 23.8 Å². The molecule has 1 N–H and O–H groups in total. The quantitative estimate of drug-likeness (QED) is 0.410. The van der Waals surface area contributed by atoms with Gasteiger partial charge in [-0.15, -0.1) is 0 Å². The number of rotatable bonds is 8. The van der Waals surface area contributed by atoms with Crippen LogP contribution in [0.5, 0.6) is 5.75 Å². The molecule has 1 heterocycles. The Morgan fingerprint density at radius 3 is 2.47 bits per heavy atom. The third-order valence-corrected chi connectivity index (χ3v) is 4.76. The second-order valence-electron chi connectivity index (χ2n) is 6.61. The monoisotopic (exact) mass is 409 g/mol. The van der Waals surface area contributed by atoms with Gasteiger partial charge in [0.05, 0.1) is 5.69 Å². The van der Waals surface area contributed by atoms with Crippen molar-refractivity contribution in [1.29, 1.82) is 0 Å². The molecule has 1 fully saturated rings. The number of benzene rings is 2. The number of amides is 2. The van der Waals surface area contributed by atoms with Crippen LogP contribution in [0.4, 0.5) is 15.8 Å². The van der Waals surface area contributed by atoms with Gasteiger partial charge in [-0.2, -0.15) is 0 Å². The number of halogens is 1. The van der Waals surface area contributed by atoms with E-state index in [1.807, 2.05) is 18.2 Å². The van der Waals surface area contributed by atoms with Crippen molar-refractivity contribution in [2.45, 2.75) is 13.8 Å². The van der Waals surface area contributed by atoms with E-state index < -0.39 is 17.6 Å². The summed E-state index contributed by atoms with van der Waals surface area (Å²) >= 11 is 0. The third-order valence-electron chi connectivity index (χ3n) is 4.76. The van der Waals surface area contributed by atoms with Crippen LogP contribution in [0.25, 0.3) is 6.08 Å². The Balaban J connectivity index is 1.96. The van der Waals surface area contributed by atoms with Gasteiger partial charge in [0.2, 0.25) is 0 Å². The summed E-state index contributed by atoms with van der Waals surface area (Å²) < 4.78 is 19.0. The highest BCUT2D eigenvalue weighted by Crippen LogP contribution is 2.29. The van der Waals surface area contributed by atoms with Gasteiger partial charge in [-0.25, -0.2) is 9.40 Å². The van der Waals surface area contributed by atoms with E-state index >= 15 is 0 Å². The first-order valence-electron chi connectivity index (χ1n) is 9.73. The summed E-state index contributed by atoms with van der Waals surface area (Å²) in [5.41, 5.74) is 4.44. The molecule has 6 nitrogen and oxygen atoms in total. The van der Waals surface area contributed by atoms with Crippen molar-refractivity contribution in [1.82, 2.24) is 5.43 Å². The minimum absolute atomic E-state index is 0.0293. The van der Waals surface area contributed by atoms with Gasteiger partial charge in [-0.05, 0) is 56.3 Å². The minimum Gasteiger partial charge on any atom is -0.489 e. The molecule has 0 radical (unpaired) electrons. The average Bonchev–Trinajstić information content (AvgIpc) is 3.03. The van der Waals surface area contributed by atoms with E-state index in [2.05, 4.69) is 30.8 Å². The molecular weight excluding hydrogens is 385 g/mol. The Labute approximate surface area is 175 Å². The van der Waals surface area contributed by atoms with Crippen LogP contribution in [-0.4, -0.2) is 31.5 Å². The number of carbonyl (C=O) groups excluding carboxylic acids is 2. The van der Waals surface area contributed by atoms with Crippen LogP contribution < -0.4 is 20.1 Å². The molecule has 0 atom stereocenters. The number of carbonyl (C=O) groups is 2. The fourth-order valence-electron chi connectivity index (χ4n) is 3.19. The van der Waals surface area contributed by atoms with Gasteiger partial charge in [0.25, 0.3) is 11.8 Å². The summed E-state index contributed by atoms with van der Waals surface area (Å²) in [4.78, 5) is 27.4. The molecule has 7 heteroatoms. The van der Waals surface area contributed by atoms with Crippen LogP contribution in [0.3, 0.4) is 0 Å². The molecule has 30 heavy (non-hydrogen) atoms. The topological polar surface area (TPSA) is 61.9 Å². The number of hydrogen-bond acceptors (Lipinski definition) is 4. The standard InChI is InChI=1S/C23H24FN3O3/c1-4-13-30-21-15-19(26(5-2)6-3)10-7-16(21)14-20-22(28)25-27(23(20)29)18-11-8-17(24)9-12-18/h4,7-12,14-15H,1,5-6,13H2,2-3H3,(H,25,28). The number of ether oxygens (including phenoxy) is 1. The van der Waals surface area contributed by atoms with Crippen LogP contribution in [0, 0.1) is 5.82 Å². The predicted octanol–water partition coefficient (Wildman–Crippen LogP) is 3.70. The molecule has 0 aliphatic carbocycles. The van der Waals surface area contributed by atoms with Crippen LogP contribution in [0.1, 0.15) is 19.4 Å². The van der Waals surface area contributed by atoms with Gasteiger partial charge in [-0.3, -0.25) is 15.0 Å². The summed E-state index contributed by atoms with van der Waals surface area (Å²) in [6, 6.07) is 10.9. The number of hydrazine groups is 1. The summed E-state index contributed by atoms with van der Waals surface area (Å²) in [7, 11) is 0. The van der Waals surface area contributed by atoms with Crippen molar-refractivity contribution in [3.63, 3.8) is 0 Å². The second kappa shape index (κ2) is 9.26. The normalized spacial score (nSPS) is 14.8. The highest BCUT2D eigenvalue weighted by molar-refractivity contribution is 6.31. The molecule has 0 aromatic heterocycles. The fourth-order valence-corrected chi connectivity index (χ4v) is 3.19. The van der Waals surface area contributed by atoms with E-state index in [1.54, 1.807) is 6.08 Å². The molecule has 1 aliphatic rings. The van der Waals surface area contributed by atoms with Crippen molar-refractivity contribution in [2.24, 2.45) is 0 Å². The molecule has 0 saturated carbocycles. The molecule has 1 saturated heterocycles. The Morgan fingerprint density at radius 1 is 1.13 bits per heavy atom.